The maximum absolute atomic E-state index is 13.3. The zero-order valence-corrected chi connectivity index (χ0v) is 17.0. The summed E-state index contributed by atoms with van der Waals surface area (Å²) in [6, 6.07) is 4.67. The van der Waals surface area contributed by atoms with E-state index in [-0.39, 0.29) is 5.91 Å². The Morgan fingerprint density at radius 3 is 2.61 bits per heavy atom. The first kappa shape index (κ1) is 19.0. The Kier molecular flexibility index (Phi) is 5.64. The Hall–Kier alpha value is -2.37. The number of hydrogen-bond acceptors (Lipinski definition) is 4. The zero-order chi connectivity index (χ0) is 19.5. The molecule has 4 rings (SSSR count). The molecule has 1 N–H and O–H groups in total. The Labute approximate surface area is 166 Å². The topological polar surface area (TPSA) is 71.1 Å². The van der Waals surface area contributed by atoms with Gasteiger partial charge in [-0.25, -0.2) is 0 Å². The van der Waals surface area contributed by atoms with Gasteiger partial charge in [-0.05, 0) is 68.6 Å². The van der Waals surface area contributed by atoms with Crippen LogP contribution in [0.3, 0.4) is 0 Å². The van der Waals surface area contributed by atoms with Gasteiger partial charge in [0.15, 0.2) is 5.82 Å². The fourth-order valence-corrected chi connectivity index (χ4v) is 4.25. The molecule has 0 unspecified atom stereocenters. The van der Waals surface area contributed by atoms with E-state index >= 15 is 0 Å². The Bertz CT molecular complexity index is 835. The molecule has 6 heteroatoms. The number of hydrogen-bond donors (Lipinski definition) is 1. The molecule has 1 saturated heterocycles. The minimum absolute atomic E-state index is 0.155. The summed E-state index contributed by atoms with van der Waals surface area (Å²) >= 11 is 0. The van der Waals surface area contributed by atoms with Gasteiger partial charge in [-0.3, -0.25) is 9.89 Å². The molecule has 2 aliphatic rings. The molecule has 1 aliphatic heterocycles. The molecule has 1 aliphatic carbocycles. The number of amides is 1. The number of nitrogens with one attached hydrogen (secondary N) is 1. The predicted molar refractivity (Wildman–Crippen MR) is 109 cm³/mol. The molecule has 0 spiro atoms. The fraction of sp³-hybridized carbons (Fsp3) is 0.591. The highest BCUT2D eigenvalue weighted by Gasteiger charge is 2.28. The predicted octanol–water partition coefficient (Wildman–Crippen LogP) is 4.33. The summed E-state index contributed by atoms with van der Waals surface area (Å²) in [7, 11) is 0. The Morgan fingerprint density at radius 1 is 1.18 bits per heavy atom. The lowest BCUT2D eigenvalue weighted by molar-refractivity contribution is 0.0723. The molecule has 0 atom stereocenters. The Morgan fingerprint density at radius 2 is 1.96 bits per heavy atom. The molecule has 1 aromatic heterocycles. The molecule has 2 fully saturated rings. The van der Waals surface area contributed by atoms with Crippen LogP contribution in [-0.4, -0.2) is 45.7 Å². The molecule has 1 saturated carbocycles. The van der Waals surface area contributed by atoms with Crippen molar-refractivity contribution in [1.29, 1.82) is 0 Å². The van der Waals surface area contributed by atoms with Gasteiger partial charge in [-0.2, -0.15) is 4.98 Å². The second-order valence-corrected chi connectivity index (χ2v) is 7.83. The molecule has 2 heterocycles. The monoisotopic (exact) mass is 382 g/mol. The Balaban J connectivity index is 1.76. The second kappa shape index (κ2) is 8.33. The van der Waals surface area contributed by atoms with Crippen LogP contribution in [0.25, 0.3) is 11.4 Å². The second-order valence-electron chi connectivity index (χ2n) is 7.83. The van der Waals surface area contributed by atoms with Gasteiger partial charge in [-0.15, -0.1) is 5.10 Å². The van der Waals surface area contributed by atoms with Crippen molar-refractivity contribution in [3.8, 4) is 17.4 Å². The van der Waals surface area contributed by atoms with E-state index in [1.165, 1.54) is 31.2 Å². The standard InChI is InChI=1S/C22H30N4O2/c1-3-15-13-17(16-9-8-10-16)19(20-23-22(25-24-20)28-4-2)14-18(15)21(27)26-11-6-5-7-12-26/h13-14,16H,3-12H2,1-2H3,(H,23,24,25). The van der Waals surface area contributed by atoms with E-state index in [1.54, 1.807) is 0 Å². The summed E-state index contributed by atoms with van der Waals surface area (Å²) in [5.41, 5.74) is 4.25. The summed E-state index contributed by atoms with van der Waals surface area (Å²) < 4.78 is 5.44. The third-order valence-electron chi connectivity index (χ3n) is 6.07. The fourth-order valence-electron chi connectivity index (χ4n) is 4.25. The number of aromatic amines is 1. The minimum Gasteiger partial charge on any atom is -0.463 e. The SMILES string of the molecule is CCOc1n[nH]c(-c2cc(C(=O)N3CCCCC3)c(CC)cc2C2CCC2)n1. The van der Waals surface area contributed by atoms with E-state index < -0.39 is 0 Å². The van der Waals surface area contributed by atoms with Crippen LogP contribution in [0.5, 0.6) is 6.01 Å². The first-order valence-corrected chi connectivity index (χ1v) is 10.7. The van der Waals surface area contributed by atoms with Crippen molar-refractivity contribution >= 4 is 5.91 Å². The number of aryl methyl sites for hydroxylation is 1. The average molecular weight is 383 g/mol. The molecule has 28 heavy (non-hydrogen) atoms. The molecule has 1 amide bonds. The van der Waals surface area contributed by atoms with Crippen LogP contribution in [0.4, 0.5) is 0 Å². The molecule has 0 radical (unpaired) electrons. The van der Waals surface area contributed by atoms with Crippen LogP contribution in [0.1, 0.15) is 79.8 Å². The van der Waals surface area contributed by atoms with E-state index in [0.29, 0.717) is 24.4 Å². The van der Waals surface area contributed by atoms with Gasteiger partial charge in [0.2, 0.25) is 0 Å². The van der Waals surface area contributed by atoms with Gasteiger partial charge >= 0.3 is 6.01 Å². The van der Waals surface area contributed by atoms with Crippen LogP contribution < -0.4 is 4.74 Å². The molecule has 6 nitrogen and oxygen atoms in total. The van der Waals surface area contributed by atoms with E-state index in [2.05, 4.69) is 34.2 Å². The van der Waals surface area contributed by atoms with Crippen LogP contribution in [0.15, 0.2) is 12.1 Å². The largest absolute Gasteiger partial charge is 0.463 e. The van der Waals surface area contributed by atoms with Crippen molar-refractivity contribution < 1.29 is 9.53 Å². The van der Waals surface area contributed by atoms with Gasteiger partial charge in [-0.1, -0.05) is 19.4 Å². The number of likely N-dealkylation sites (tertiary alicyclic amines) is 1. The lowest BCUT2D eigenvalue weighted by Gasteiger charge is -2.30. The van der Waals surface area contributed by atoms with E-state index in [9.17, 15) is 4.79 Å². The molecule has 0 bridgehead atoms. The third-order valence-corrected chi connectivity index (χ3v) is 6.07. The first-order valence-electron chi connectivity index (χ1n) is 10.7. The average Bonchev–Trinajstić information content (AvgIpc) is 3.15. The molecule has 1 aromatic carbocycles. The van der Waals surface area contributed by atoms with Gasteiger partial charge in [0.1, 0.15) is 0 Å². The van der Waals surface area contributed by atoms with Gasteiger partial charge in [0, 0.05) is 24.2 Å². The number of benzene rings is 1. The molecule has 150 valence electrons. The molecule has 2 aromatic rings. The van der Waals surface area contributed by atoms with Crippen molar-refractivity contribution in [3.63, 3.8) is 0 Å². The van der Waals surface area contributed by atoms with Gasteiger partial charge < -0.3 is 9.64 Å². The maximum atomic E-state index is 13.3. The summed E-state index contributed by atoms with van der Waals surface area (Å²) in [6.45, 7) is 6.30. The third kappa shape index (κ3) is 3.64. The van der Waals surface area contributed by atoms with Crippen LogP contribution in [-0.2, 0) is 6.42 Å². The van der Waals surface area contributed by atoms with E-state index in [4.69, 9.17) is 4.74 Å². The molecular formula is C22H30N4O2. The van der Waals surface area contributed by atoms with E-state index in [1.807, 2.05) is 11.8 Å². The van der Waals surface area contributed by atoms with Crippen molar-refractivity contribution in [2.24, 2.45) is 0 Å². The summed E-state index contributed by atoms with van der Waals surface area (Å²) in [4.78, 5) is 19.8. The number of aromatic nitrogens is 3. The van der Waals surface area contributed by atoms with Crippen molar-refractivity contribution in [2.45, 2.75) is 64.7 Å². The highest BCUT2D eigenvalue weighted by atomic mass is 16.5. The molecular weight excluding hydrogens is 352 g/mol. The highest BCUT2D eigenvalue weighted by Crippen LogP contribution is 2.42. The number of piperidine rings is 1. The minimum atomic E-state index is 0.155. The maximum Gasteiger partial charge on any atom is 0.335 e. The zero-order valence-electron chi connectivity index (χ0n) is 17.0. The quantitative estimate of drug-likeness (QED) is 0.807. The van der Waals surface area contributed by atoms with Crippen molar-refractivity contribution in [1.82, 2.24) is 20.1 Å². The van der Waals surface area contributed by atoms with Crippen molar-refractivity contribution in [3.05, 3.63) is 28.8 Å². The highest BCUT2D eigenvalue weighted by molar-refractivity contribution is 5.97. The number of H-pyrrole nitrogens is 1. The summed E-state index contributed by atoms with van der Waals surface area (Å²) in [5, 5.41) is 7.20. The van der Waals surface area contributed by atoms with Gasteiger partial charge in [0.25, 0.3) is 5.91 Å². The van der Waals surface area contributed by atoms with Crippen LogP contribution in [0.2, 0.25) is 0 Å². The number of ether oxygens (including phenoxy) is 1. The lowest BCUT2D eigenvalue weighted by Crippen LogP contribution is -2.36. The normalized spacial score (nSPS) is 17.4. The summed E-state index contributed by atoms with van der Waals surface area (Å²) in [6.07, 6.45) is 7.93. The number of rotatable bonds is 6. The van der Waals surface area contributed by atoms with Gasteiger partial charge in [0.05, 0.1) is 6.61 Å². The number of carbonyl (C=O) groups excluding carboxylic acids is 1. The van der Waals surface area contributed by atoms with Crippen molar-refractivity contribution in [2.75, 3.05) is 19.7 Å². The smallest absolute Gasteiger partial charge is 0.335 e. The summed E-state index contributed by atoms with van der Waals surface area (Å²) in [5.74, 6) is 1.39. The van der Waals surface area contributed by atoms with E-state index in [0.717, 1.165) is 49.0 Å². The van der Waals surface area contributed by atoms with Crippen LogP contribution >= 0.6 is 0 Å². The number of nitrogens with zero attached hydrogens (tertiary/aromatic N) is 3. The lowest BCUT2D eigenvalue weighted by atomic mass is 9.76. The first-order chi connectivity index (χ1) is 13.7. The number of carbonyl (C=O) groups is 1. The van der Waals surface area contributed by atoms with Crippen LogP contribution in [0, 0.1) is 0 Å².